The summed E-state index contributed by atoms with van der Waals surface area (Å²) in [7, 11) is 1.51. The van der Waals surface area contributed by atoms with Crippen molar-refractivity contribution in [2.75, 3.05) is 7.11 Å². The molecular weight excluding hydrogens is 450 g/mol. The molecule has 0 amide bonds. The van der Waals surface area contributed by atoms with Gasteiger partial charge in [-0.15, -0.1) is 0 Å². The summed E-state index contributed by atoms with van der Waals surface area (Å²) < 4.78 is 22.4. The van der Waals surface area contributed by atoms with Crippen molar-refractivity contribution >= 4 is 28.8 Å². The highest BCUT2D eigenvalue weighted by Crippen LogP contribution is 2.48. The second-order valence-electron chi connectivity index (χ2n) is 8.19. The van der Waals surface area contributed by atoms with Gasteiger partial charge in [0.1, 0.15) is 22.8 Å². The molecule has 0 aliphatic carbocycles. The highest BCUT2D eigenvalue weighted by Gasteiger charge is 2.39. The van der Waals surface area contributed by atoms with E-state index in [1.807, 2.05) is 0 Å². The number of pyridine rings is 1. The minimum Gasteiger partial charge on any atom is -0.497 e. The number of Topliss-reactive ketones (excluding diaryl/α,β-unsaturated/α-hetero) is 1. The Hall–Kier alpha value is -4.72. The number of rotatable bonds is 3. The van der Waals surface area contributed by atoms with E-state index in [4.69, 9.17) is 18.6 Å². The normalized spacial score (nSPS) is 17.6. The Morgan fingerprint density at radius 3 is 2.77 bits per heavy atom. The molecule has 0 N–H and O–H groups in total. The van der Waals surface area contributed by atoms with E-state index < -0.39 is 11.9 Å². The number of methoxy groups -OCH3 is 1. The fourth-order valence-corrected chi connectivity index (χ4v) is 4.48. The molecule has 172 valence electrons. The van der Waals surface area contributed by atoms with Crippen molar-refractivity contribution in [2.45, 2.75) is 12.3 Å². The molecule has 8 heteroatoms. The minimum atomic E-state index is -0.724. The Balaban J connectivity index is 1.51. The topological polar surface area (TPSA) is 105 Å². The average molecular weight is 467 g/mol. The standard InChI is InChI=1S/C27H17NO7/c1-32-15-4-6-20-18(10-15)25(30)19(13-33-20)17-11-23(29)34-21-7-5-16-26(31)22(35-27(16)24(17)21)9-14-3-2-8-28-12-14/h2-10,12-13,17H,11H2,1H3. The number of ketones is 1. The van der Waals surface area contributed by atoms with Crippen LogP contribution >= 0.6 is 0 Å². The number of aromatic nitrogens is 1. The zero-order chi connectivity index (χ0) is 24.1. The molecule has 4 heterocycles. The minimum absolute atomic E-state index is 0.108. The number of hydrogen-bond acceptors (Lipinski definition) is 8. The van der Waals surface area contributed by atoms with Gasteiger partial charge in [0.2, 0.25) is 5.78 Å². The summed E-state index contributed by atoms with van der Waals surface area (Å²) in [5.74, 6) is -0.396. The van der Waals surface area contributed by atoms with E-state index in [1.54, 1.807) is 60.9 Å². The van der Waals surface area contributed by atoms with Crippen molar-refractivity contribution in [3.63, 3.8) is 0 Å². The molecule has 0 spiro atoms. The van der Waals surface area contributed by atoms with E-state index >= 15 is 0 Å². The molecule has 2 aliphatic rings. The van der Waals surface area contributed by atoms with Gasteiger partial charge in [-0.2, -0.15) is 0 Å². The fourth-order valence-electron chi connectivity index (χ4n) is 4.48. The third-order valence-electron chi connectivity index (χ3n) is 6.14. The third-order valence-corrected chi connectivity index (χ3v) is 6.14. The summed E-state index contributed by atoms with van der Waals surface area (Å²) in [4.78, 5) is 43.1. The van der Waals surface area contributed by atoms with Crippen LogP contribution in [-0.4, -0.2) is 23.8 Å². The van der Waals surface area contributed by atoms with E-state index in [1.165, 1.54) is 13.4 Å². The van der Waals surface area contributed by atoms with Crippen molar-refractivity contribution in [1.29, 1.82) is 0 Å². The first-order valence-electron chi connectivity index (χ1n) is 10.8. The van der Waals surface area contributed by atoms with Gasteiger partial charge in [-0.25, -0.2) is 0 Å². The lowest BCUT2D eigenvalue weighted by atomic mass is 9.85. The van der Waals surface area contributed by atoms with Crippen LogP contribution in [0.5, 0.6) is 17.2 Å². The summed E-state index contributed by atoms with van der Waals surface area (Å²) in [6, 6.07) is 11.6. The summed E-state index contributed by atoms with van der Waals surface area (Å²) >= 11 is 0. The van der Waals surface area contributed by atoms with Crippen LogP contribution in [0.3, 0.4) is 0 Å². The first kappa shape index (κ1) is 20.9. The number of benzene rings is 2. The Bertz CT molecular complexity index is 1620. The van der Waals surface area contributed by atoms with E-state index in [-0.39, 0.29) is 40.5 Å². The Morgan fingerprint density at radius 1 is 1.09 bits per heavy atom. The predicted octanol–water partition coefficient (Wildman–Crippen LogP) is 4.25. The van der Waals surface area contributed by atoms with Crippen LogP contribution in [0, 0.1) is 0 Å². The van der Waals surface area contributed by atoms with Gasteiger partial charge >= 0.3 is 5.97 Å². The van der Waals surface area contributed by atoms with Gasteiger partial charge in [-0.3, -0.25) is 19.4 Å². The second-order valence-corrected chi connectivity index (χ2v) is 8.19. The van der Waals surface area contributed by atoms with E-state index in [2.05, 4.69) is 4.98 Å². The Morgan fingerprint density at radius 2 is 1.97 bits per heavy atom. The molecule has 2 aliphatic heterocycles. The van der Waals surface area contributed by atoms with Crippen molar-refractivity contribution in [2.24, 2.45) is 0 Å². The zero-order valence-electron chi connectivity index (χ0n) is 18.4. The smallest absolute Gasteiger partial charge is 0.312 e. The van der Waals surface area contributed by atoms with E-state index in [0.717, 1.165) is 0 Å². The lowest BCUT2D eigenvalue weighted by molar-refractivity contribution is -0.135. The van der Waals surface area contributed by atoms with E-state index in [9.17, 15) is 14.4 Å². The number of fused-ring (bicyclic) bond motifs is 4. The molecule has 0 fully saturated rings. The molecule has 0 radical (unpaired) electrons. The highest BCUT2D eigenvalue weighted by atomic mass is 16.5. The SMILES string of the molecule is COc1ccc2occ(C3CC(=O)Oc4ccc5c(c43)OC(=Cc3cccnc3)C5=O)c(=O)c2c1. The predicted molar refractivity (Wildman–Crippen MR) is 125 cm³/mol. The van der Waals surface area contributed by atoms with Gasteiger partial charge in [0.05, 0.1) is 30.7 Å². The number of nitrogens with zero attached hydrogens (tertiary/aromatic N) is 1. The van der Waals surface area contributed by atoms with Gasteiger partial charge < -0.3 is 18.6 Å². The molecular formula is C27H17NO7. The molecule has 6 rings (SSSR count). The van der Waals surface area contributed by atoms with Crippen molar-refractivity contribution in [3.05, 3.63) is 99.4 Å². The van der Waals surface area contributed by atoms with Gasteiger partial charge in [0.15, 0.2) is 11.2 Å². The Labute approximate surface area is 198 Å². The van der Waals surface area contributed by atoms with Crippen molar-refractivity contribution in [3.8, 4) is 17.2 Å². The van der Waals surface area contributed by atoms with Gasteiger partial charge in [0, 0.05) is 29.4 Å². The first-order valence-corrected chi connectivity index (χ1v) is 10.8. The lowest BCUT2D eigenvalue weighted by Gasteiger charge is -2.25. The quantitative estimate of drug-likeness (QED) is 0.250. The number of carbonyl (C=O) groups is 2. The summed E-state index contributed by atoms with van der Waals surface area (Å²) in [5, 5.41) is 0.323. The van der Waals surface area contributed by atoms with Gasteiger partial charge in [0.25, 0.3) is 0 Å². The molecule has 2 aromatic heterocycles. The van der Waals surface area contributed by atoms with E-state index in [0.29, 0.717) is 33.4 Å². The maximum atomic E-state index is 13.5. The fraction of sp³-hybridized carbons (Fsp3) is 0.111. The van der Waals surface area contributed by atoms with Gasteiger partial charge in [-0.05, 0) is 48.0 Å². The van der Waals surface area contributed by atoms with Crippen LogP contribution in [0.15, 0.2) is 76.1 Å². The summed E-state index contributed by atoms with van der Waals surface area (Å²) in [6.07, 6.45) is 6.09. The number of allylic oxidation sites excluding steroid dienone is 1. The van der Waals surface area contributed by atoms with Crippen molar-refractivity contribution in [1.82, 2.24) is 4.98 Å². The lowest BCUT2D eigenvalue weighted by Crippen LogP contribution is -2.25. The molecule has 4 aromatic rings. The molecule has 2 aromatic carbocycles. The first-order chi connectivity index (χ1) is 17.0. The van der Waals surface area contributed by atoms with Crippen LogP contribution in [0.2, 0.25) is 0 Å². The average Bonchev–Trinajstić information content (AvgIpc) is 3.19. The summed E-state index contributed by atoms with van der Waals surface area (Å²) in [5.41, 5.74) is 1.84. The largest absolute Gasteiger partial charge is 0.497 e. The van der Waals surface area contributed by atoms with Crippen LogP contribution in [-0.2, 0) is 4.79 Å². The second kappa shape index (κ2) is 7.95. The zero-order valence-corrected chi connectivity index (χ0v) is 18.4. The van der Waals surface area contributed by atoms with Crippen LogP contribution in [0.4, 0.5) is 0 Å². The molecule has 0 saturated carbocycles. The highest BCUT2D eigenvalue weighted by molar-refractivity contribution is 6.15. The molecule has 8 nitrogen and oxygen atoms in total. The van der Waals surface area contributed by atoms with Gasteiger partial charge in [-0.1, -0.05) is 6.07 Å². The molecule has 0 saturated heterocycles. The molecule has 1 atom stereocenters. The summed E-state index contributed by atoms with van der Waals surface area (Å²) in [6.45, 7) is 0. The number of esters is 1. The maximum absolute atomic E-state index is 13.5. The Kier molecular flexibility index (Phi) is 4.74. The number of ether oxygens (including phenoxy) is 3. The third kappa shape index (κ3) is 3.38. The number of hydrogen-bond donors (Lipinski definition) is 0. The number of carbonyl (C=O) groups excluding carboxylic acids is 2. The van der Waals surface area contributed by atoms with Crippen LogP contribution in [0.25, 0.3) is 17.0 Å². The van der Waals surface area contributed by atoms with Crippen LogP contribution < -0.4 is 19.6 Å². The monoisotopic (exact) mass is 467 g/mol. The molecule has 35 heavy (non-hydrogen) atoms. The molecule has 0 bridgehead atoms. The van der Waals surface area contributed by atoms with Crippen LogP contribution in [0.1, 0.15) is 39.4 Å². The van der Waals surface area contributed by atoms with Crippen molar-refractivity contribution < 1.29 is 28.2 Å². The molecule has 1 unspecified atom stereocenters. The maximum Gasteiger partial charge on any atom is 0.312 e.